The molecule has 0 N–H and O–H groups in total. The van der Waals surface area contributed by atoms with Crippen molar-refractivity contribution in [1.82, 2.24) is 0 Å². The summed E-state index contributed by atoms with van der Waals surface area (Å²) in [5.41, 5.74) is 0. The first-order chi connectivity index (χ1) is 3.30. The number of rotatable bonds is 0. The third kappa shape index (κ3) is 0.836. The van der Waals surface area contributed by atoms with E-state index in [2.05, 4.69) is 0 Å². The van der Waals surface area contributed by atoms with Gasteiger partial charge in [-0.05, 0) is 0 Å². The summed E-state index contributed by atoms with van der Waals surface area (Å²) < 4.78 is 1.59. The Bertz CT molecular complexity index is 148. The van der Waals surface area contributed by atoms with Gasteiger partial charge in [-0.15, -0.1) is 0 Å². The minimum atomic E-state index is -0.880. The maximum atomic E-state index is 10.2. The molecule has 0 atom stereocenters. The fourth-order valence-corrected chi connectivity index (χ4v) is 1.87. The Labute approximate surface area is 48.4 Å². The summed E-state index contributed by atoms with van der Waals surface area (Å²) in [5.74, 6) is -0.292. The first-order valence-electron chi connectivity index (χ1n) is 1.90. The van der Waals surface area contributed by atoms with E-state index < -0.39 is 17.4 Å². The van der Waals surface area contributed by atoms with Crippen molar-refractivity contribution < 1.29 is 9.59 Å². The fourth-order valence-electron chi connectivity index (χ4n) is 0.387. The van der Waals surface area contributed by atoms with Crippen LogP contribution in [0.3, 0.4) is 0 Å². The van der Waals surface area contributed by atoms with Crippen LogP contribution >= 0.6 is 0 Å². The van der Waals surface area contributed by atoms with E-state index in [0.717, 1.165) is 0 Å². The summed E-state index contributed by atoms with van der Waals surface area (Å²) in [4.78, 5) is 20.4. The summed E-state index contributed by atoms with van der Waals surface area (Å²) in [6.45, 7) is 0. The maximum absolute atomic E-state index is 10.2. The van der Waals surface area contributed by atoms with Crippen molar-refractivity contribution in [2.75, 3.05) is 0 Å². The molecule has 0 saturated carbocycles. The molecule has 0 aromatic rings. The van der Waals surface area contributed by atoms with Crippen molar-refractivity contribution in [3.63, 3.8) is 0 Å². The van der Waals surface area contributed by atoms with Crippen LogP contribution in [0.2, 0.25) is 0 Å². The molecular weight excluding hydrogens is 150 g/mol. The summed E-state index contributed by atoms with van der Waals surface area (Å²) in [6, 6.07) is 0. The molecule has 7 heavy (non-hydrogen) atoms. The Morgan fingerprint density at radius 1 is 1.43 bits per heavy atom. The number of carbonyl (C=O) groups is 2. The molecule has 1 rings (SSSR count). The van der Waals surface area contributed by atoms with Gasteiger partial charge in [0.2, 0.25) is 0 Å². The van der Waals surface area contributed by atoms with Crippen LogP contribution < -0.4 is 0 Å². The van der Waals surface area contributed by atoms with E-state index in [9.17, 15) is 9.59 Å². The van der Waals surface area contributed by atoms with Crippen LogP contribution in [0, 0.1) is 0 Å². The molecule has 1 heterocycles. The van der Waals surface area contributed by atoms with Crippen LogP contribution in [0.1, 0.15) is 0 Å². The topological polar surface area (TPSA) is 34.1 Å². The Balaban J connectivity index is 2.81. The van der Waals surface area contributed by atoms with Gasteiger partial charge in [0.25, 0.3) is 0 Å². The molecule has 3 heteroatoms. The van der Waals surface area contributed by atoms with E-state index in [1.807, 2.05) is 0 Å². The van der Waals surface area contributed by atoms with Crippen LogP contribution in [-0.4, -0.2) is 27.5 Å². The second-order valence-electron chi connectivity index (χ2n) is 1.25. The van der Waals surface area contributed by atoms with Crippen LogP contribution in [0.25, 0.3) is 0 Å². The molecule has 33 valence electrons. The average molecular weight is 152 g/mol. The second-order valence-corrected chi connectivity index (χ2v) is 3.86. The SMILES string of the molecule is O=C1C=[CH][Ga][C]1=O. The van der Waals surface area contributed by atoms with Crippen molar-refractivity contribution in [3.8, 4) is 0 Å². The fraction of sp³-hybridized carbons (Fsp3) is 0. The molecule has 0 bridgehead atoms. The molecule has 0 unspecified atom stereocenters. The molecule has 1 aliphatic rings. The zero-order valence-electron chi connectivity index (χ0n) is 3.55. The molecule has 0 aromatic heterocycles. The number of carbonyl (C=O) groups excluding carboxylic acids is 2. The van der Waals surface area contributed by atoms with Gasteiger partial charge in [-0.3, -0.25) is 0 Å². The van der Waals surface area contributed by atoms with E-state index in [1.54, 1.807) is 4.63 Å². The predicted octanol–water partition coefficient (Wildman–Crippen LogP) is -0.686. The molecule has 0 spiro atoms. The van der Waals surface area contributed by atoms with E-state index >= 15 is 0 Å². The third-order valence-electron chi connectivity index (χ3n) is 0.738. The molecule has 2 nitrogen and oxygen atoms in total. The minimum absolute atomic E-state index is 0.135. The number of allylic oxidation sites excluding steroid dienone is 1. The van der Waals surface area contributed by atoms with Crippen molar-refractivity contribution in [1.29, 1.82) is 0 Å². The van der Waals surface area contributed by atoms with E-state index in [1.165, 1.54) is 6.08 Å². The van der Waals surface area contributed by atoms with Crippen molar-refractivity contribution in [2.24, 2.45) is 0 Å². The number of hydrogen-bond donors (Lipinski definition) is 0. The van der Waals surface area contributed by atoms with Crippen molar-refractivity contribution >= 4 is 27.5 Å². The summed E-state index contributed by atoms with van der Waals surface area (Å²) in [6.07, 6.45) is 1.38. The van der Waals surface area contributed by atoms with Crippen molar-refractivity contribution in [3.05, 3.63) is 10.7 Å². The zero-order valence-corrected chi connectivity index (χ0v) is 5.97. The molecule has 1 aliphatic heterocycles. The van der Waals surface area contributed by atoms with E-state index in [4.69, 9.17) is 0 Å². The van der Waals surface area contributed by atoms with E-state index in [0.29, 0.717) is 0 Å². The quantitative estimate of drug-likeness (QED) is 0.340. The summed E-state index contributed by atoms with van der Waals surface area (Å²) in [7, 11) is 0. The predicted molar refractivity (Wildman–Crippen MR) is 24.9 cm³/mol. The van der Waals surface area contributed by atoms with Gasteiger partial charge < -0.3 is 0 Å². The van der Waals surface area contributed by atoms with Gasteiger partial charge >= 0.3 is 47.8 Å². The first kappa shape index (κ1) is 4.87. The summed E-state index contributed by atoms with van der Waals surface area (Å²) in [5, 5.41) is 0. The van der Waals surface area contributed by atoms with Crippen LogP contribution in [0.15, 0.2) is 10.7 Å². The Kier molecular flexibility index (Phi) is 1.16. The van der Waals surface area contributed by atoms with Crippen molar-refractivity contribution in [2.45, 2.75) is 0 Å². The second kappa shape index (κ2) is 1.67. The molecule has 1 radical (unpaired) electrons. The zero-order chi connectivity index (χ0) is 5.28. The van der Waals surface area contributed by atoms with Gasteiger partial charge in [-0.25, -0.2) is 0 Å². The van der Waals surface area contributed by atoms with Gasteiger partial charge in [0.15, 0.2) is 0 Å². The average Bonchev–Trinajstić information content (AvgIpc) is 1.91. The van der Waals surface area contributed by atoms with Gasteiger partial charge in [0, 0.05) is 0 Å². The Morgan fingerprint density at radius 2 is 2.14 bits per heavy atom. The van der Waals surface area contributed by atoms with Gasteiger partial charge in [0.05, 0.1) is 0 Å². The molecule has 0 aromatic carbocycles. The van der Waals surface area contributed by atoms with Gasteiger partial charge in [-0.2, -0.15) is 0 Å². The van der Waals surface area contributed by atoms with E-state index in [-0.39, 0.29) is 10.1 Å². The Morgan fingerprint density at radius 3 is 2.29 bits per heavy atom. The third-order valence-corrected chi connectivity index (χ3v) is 2.78. The molecule has 0 fully saturated rings. The molecule has 0 amide bonds. The van der Waals surface area contributed by atoms with Crippen LogP contribution in [-0.2, 0) is 9.59 Å². The molecule has 0 saturated heterocycles. The number of hydrogen-bond acceptors (Lipinski definition) is 2. The Hall–Kier alpha value is -0.284. The van der Waals surface area contributed by atoms with Gasteiger partial charge in [-0.1, -0.05) is 0 Å². The molecular formula is C4H2GaO2. The normalized spacial score (nSPS) is 17.7. The number of ketones is 1. The standard InChI is InChI=1S/C4H2O2.Ga/c1-2-4(6)3-5;/h1-2H;. The van der Waals surface area contributed by atoms with Crippen LogP contribution in [0.4, 0.5) is 0 Å². The monoisotopic (exact) mass is 151 g/mol. The first-order valence-corrected chi connectivity index (χ1v) is 4.51. The van der Waals surface area contributed by atoms with Gasteiger partial charge in [0.1, 0.15) is 0 Å². The summed E-state index contributed by atoms with van der Waals surface area (Å²) >= 11 is -0.880. The van der Waals surface area contributed by atoms with Crippen LogP contribution in [0.5, 0.6) is 0 Å². The molecule has 0 aliphatic carbocycles.